The minimum Gasteiger partial charge on any atom is -0.366 e. The number of nitrogens with zero attached hydrogens (tertiary/aromatic N) is 3. The number of aromatic nitrogens is 3. The molecule has 1 aromatic carbocycles. The second-order valence-corrected chi connectivity index (χ2v) is 5.41. The number of hydrogen-bond acceptors (Lipinski definition) is 4. The molecule has 0 radical (unpaired) electrons. The summed E-state index contributed by atoms with van der Waals surface area (Å²) in [6.45, 7) is 1.88. The number of halogens is 1. The number of hydrogen-bond donors (Lipinski definition) is 2. The second-order valence-electron chi connectivity index (χ2n) is 5.41. The molecule has 0 spiro atoms. The van der Waals surface area contributed by atoms with Crippen molar-refractivity contribution in [2.45, 2.75) is 31.8 Å². The van der Waals surface area contributed by atoms with Crippen LogP contribution in [0.1, 0.15) is 47.1 Å². The summed E-state index contributed by atoms with van der Waals surface area (Å²) in [6, 6.07) is 7.78. The number of H-pyrrole nitrogens is 1. The van der Waals surface area contributed by atoms with Gasteiger partial charge in [0.05, 0.1) is 6.04 Å². The Morgan fingerprint density at radius 3 is 2.73 bits per heavy atom. The Kier molecular flexibility index (Phi) is 5.90. The molecular weight excluding hydrogens is 393 g/mol. The standard InChI is InChI=1S/C15H19N5O.HI/c16-14(21)12-6-4-11(5-7-12)9-20-8-2-1-3-13(20)15-17-10-18-19-15;/h4-7,10,13H,1-3,8-9H2,(H2,16,21)(H,17,18,19);1H. The molecule has 3 N–H and O–H groups in total. The smallest absolute Gasteiger partial charge is 0.248 e. The van der Waals surface area contributed by atoms with Gasteiger partial charge in [0, 0.05) is 12.1 Å². The summed E-state index contributed by atoms with van der Waals surface area (Å²) in [5, 5.41) is 6.94. The van der Waals surface area contributed by atoms with Crippen LogP contribution in [0.25, 0.3) is 0 Å². The van der Waals surface area contributed by atoms with Crippen LogP contribution in [-0.2, 0) is 6.54 Å². The van der Waals surface area contributed by atoms with E-state index in [1.165, 1.54) is 18.4 Å². The Morgan fingerprint density at radius 1 is 1.32 bits per heavy atom. The SMILES string of the molecule is I.NC(=O)c1ccc(CN2CCCCC2c2ncn[nH]2)cc1. The molecule has 1 saturated heterocycles. The molecule has 1 aliphatic heterocycles. The zero-order chi connectivity index (χ0) is 14.7. The fourth-order valence-corrected chi connectivity index (χ4v) is 2.87. The van der Waals surface area contributed by atoms with Crippen molar-refractivity contribution < 1.29 is 4.79 Å². The minimum atomic E-state index is -0.390. The summed E-state index contributed by atoms with van der Waals surface area (Å²) in [7, 11) is 0. The summed E-state index contributed by atoms with van der Waals surface area (Å²) < 4.78 is 0. The van der Waals surface area contributed by atoms with Gasteiger partial charge in [0.25, 0.3) is 0 Å². The van der Waals surface area contributed by atoms with Crippen LogP contribution in [0.15, 0.2) is 30.6 Å². The van der Waals surface area contributed by atoms with Crippen molar-refractivity contribution in [2.75, 3.05) is 6.54 Å². The predicted molar refractivity (Wildman–Crippen MR) is 93.8 cm³/mol. The van der Waals surface area contributed by atoms with E-state index >= 15 is 0 Å². The van der Waals surface area contributed by atoms with Crippen LogP contribution in [0, 0.1) is 0 Å². The molecule has 1 aliphatic rings. The molecule has 1 aromatic heterocycles. The Labute approximate surface area is 146 Å². The minimum absolute atomic E-state index is 0. The largest absolute Gasteiger partial charge is 0.366 e. The Balaban J connectivity index is 0.00000176. The number of amides is 1. The molecule has 6 nitrogen and oxygen atoms in total. The summed E-state index contributed by atoms with van der Waals surface area (Å²) >= 11 is 0. The lowest BCUT2D eigenvalue weighted by Gasteiger charge is -2.34. The van der Waals surface area contributed by atoms with Gasteiger partial charge in [0.15, 0.2) is 0 Å². The third-order valence-corrected chi connectivity index (χ3v) is 3.99. The first-order chi connectivity index (χ1) is 10.2. The van der Waals surface area contributed by atoms with Crippen molar-refractivity contribution in [1.82, 2.24) is 20.1 Å². The summed E-state index contributed by atoms with van der Waals surface area (Å²) in [5.74, 6) is 0.544. The van der Waals surface area contributed by atoms with E-state index in [0.717, 1.165) is 25.3 Å². The number of piperidine rings is 1. The van der Waals surface area contributed by atoms with Crippen molar-refractivity contribution in [1.29, 1.82) is 0 Å². The van der Waals surface area contributed by atoms with Crippen LogP contribution in [0.3, 0.4) is 0 Å². The van der Waals surface area contributed by atoms with Crippen molar-refractivity contribution >= 4 is 29.9 Å². The first kappa shape index (κ1) is 16.9. The molecule has 2 heterocycles. The number of carbonyl (C=O) groups is 1. The highest BCUT2D eigenvalue weighted by Gasteiger charge is 2.25. The lowest BCUT2D eigenvalue weighted by molar-refractivity contribution is 0.1000. The van der Waals surface area contributed by atoms with E-state index in [1.807, 2.05) is 12.1 Å². The summed E-state index contributed by atoms with van der Waals surface area (Å²) in [5.41, 5.74) is 6.98. The van der Waals surface area contributed by atoms with Crippen LogP contribution in [0.5, 0.6) is 0 Å². The molecule has 7 heteroatoms. The van der Waals surface area contributed by atoms with Crippen molar-refractivity contribution in [3.05, 3.63) is 47.5 Å². The van der Waals surface area contributed by atoms with E-state index in [9.17, 15) is 4.79 Å². The molecular formula is C15H20IN5O. The molecule has 1 atom stereocenters. The maximum atomic E-state index is 11.1. The van der Waals surface area contributed by atoms with Crippen LogP contribution in [0.4, 0.5) is 0 Å². The highest BCUT2D eigenvalue weighted by Crippen LogP contribution is 2.29. The second kappa shape index (κ2) is 7.68. The number of likely N-dealkylation sites (tertiary alicyclic amines) is 1. The van der Waals surface area contributed by atoms with Gasteiger partial charge in [-0.1, -0.05) is 18.6 Å². The molecule has 1 amide bonds. The highest BCUT2D eigenvalue weighted by atomic mass is 127. The molecule has 1 fully saturated rings. The average Bonchev–Trinajstić information content (AvgIpc) is 3.02. The lowest BCUT2D eigenvalue weighted by Crippen LogP contribution is -2.33. The lowest BCUT2D eigenvalue weighted by atomic mass is 10.0. The van der Waals surface area contributed by atoms with Gasteiger partial charge in [-0.25, -0.2) is 4.98 Å². The molecule has 0 saturated carbocycles. The van der Waals surface area contributed by atoms with Gasteiger partial charge in [-0.2, -0.15) is 5.10 Å². The third-order valence-electron chi connectivity index (χ3n) is 3.99. The number of carbonyl (C=O) groups excluding carboxylic acids is 1. The Hall–Kier alpha value is -1.48. The molecule has 3 rings (SSSR count). The van der Waals surface area contributed by atoms with Gasteiger partial charge in [-0.05, 0) is 37.1 Å². The monoisotopic (exact) mass is 413 g/mol. The van der Waals surface area contributed by atoms with Crippen molar-refractivity contribution in [3.63, 3.8) is 0 Å². The number of nitrogens with one attached hydrogen (secondary N) is 1. The molecule has 0 aliphatic carbocycles. The number of benzene rings is 1. The van der Waals surface area contributed by atoms with Gasteiger partial charge < -0.3 is 5.73 Å². The van der Waals surface area contributed by atoms with E-state index in [0.29, 0.717) is 5.56 Å². The zero-order valence-electron chi connectivity index (χ0n) is 12.2. The Morgan fingerprint density at radius 2 is 2.09 bits per heavy atom. The number of nitrogens with two attached hydrogens (primary N) is 1. The van der Waals surface area contributed by atoms with Gasteiger partial charge in [-0.15, -0.1) is 24.0 Å². The fraction of sp³-hybridized carbons (Fsp3) is 0.400. The maximum absolute atomic E-state index is 11.1. The quantitative estimate of drug-likeness (QED) is 0.753. The predicted octanol–water partition coefficient (Wildman–Crippen LogP) is 2.25. The number of primary amides is 1. The molecule has 2 aromatic rings. The Bertz CT molecular complexity index is 599. The van der Waals surface area contributed by atoms with E-state index in [-0.39, 0.29) is 35.9 Å². The third kappa shape index (κ3) is 3.83. The van der Waals surface area contributed by atoms with Gasteiger partial charge in [-0.3, -0.25) is 14.8 Å². The first-order valence-corrected chi connectivity index (χ1v) is 7.22. The summed E-state index contributed by atoms with van der Waals surface area (Å²) in [6.07, 6.45) is 5.06. The van der Waals surface area contributed by atoms with E-state index in [1.54, 1.807) is 18.5 Å². The molecule has 0 bridgehead atoms. The van der Waals surface area contributed by atoms with Crippen LogP contribution in [0.2, 0.25) is 0 Å². The zero-order valence-corrected chi connectivity index (χ0v) is 14.6. The fourth-order valence-electron chi connectivity index (χ4n) is 2.87. The number of aromatic amines is 1. The van der Waals surface area contributed by atoms with Crippen LogP contribution in [-0.4, -0.2) is 32.5 Å². The van der Waals surface area contributed by atoms with Crippen molar-refractivity contribution in [3.8, 4) is 0 Å². The molecule has 118 valence electrons. The molecule has 22 heavy (non-hydrogen) atoms. The van der Waals surface area contributed by atoms with E-state index in [2.05, 4.69) is 20.1 Å². The van der Waals surface area contributed by atoms with Gasteiger partial charge >= 0.3 is 0 Å². The number of rotatable bonds is 4. The van der Waals surface area contributed by atoms with E-state index < -0.39 is 0 Å². The first-order valence-electron chi connectivity index (χ1n) is 7.22. The van der Waals surface area contributed by atoms with E-state index in [4.69, 9.17) is 5.73 Å². The topological polar surface area (TPSA) is 87.9 Å². The van der Waals surface area contributed by atoms with Crippen LogP contribution >= 0.6 is 24.0 Å². The molecule has 1 unspecified atom stereocenters. The maximum Gasteiger partial charge on any atom is 0.248 e. The normalized spacial score (nSPS) is 18.6. The highest BCUT2D eigenvalue weighted by molar-refractivity contribution is 14.0. The summed E-state index contributed by atoms with van der Waals surface area (Å²) in [4.78, 5) is 17.8. The van der Waals surface area contributed by atoms with Crippen LogP contribution < -0.4 is 5.73 Å². The van der Waals surface area contributed by atoms with Gasteiger partial charge in [0.1, 0.15) is 12.2 Å². The van der Waals surface area contributed by atoms with Gasteiger partial charge in [0.2, 0.25) is 5.91 Å². The van der Waals surface area contributed by atoms with Crippen molar-refractivity contribution in [2.24, 2.45) is 5.73 Å². The average molecular weight is 413 g/mol.